The molecule has 0 unspecified atom stereocenters. The van der Waals surface area contributed by atoms with Crippen LogP contribution in [0.1, 0.15) is 36.8 Å². The number of anilines is 2. The van der Waals surface area contributed by atoms with Crippen LogP contribution in [0.15, 0.2) is 48.5 Å². The largest absolute Gasteiger partial charge is 0.370 e. The zero-order chi connectivity index (χ0) is 28.6. The Labute approximate surface area is 227 Å². The van der Waals surface area contributed by atoms with Gasteiger partial charge in [-0.2, -0.15) is 0 Å². The standard InChI is InChI=1S/C25H38N10O4/c26-30-22(36)9-13-34(14-10-23(37)31-27)20-7-3-1-5-18(20)17-19-6-2-4-8-21(19)35(15-11-24(38)32-28)16-12-25(39)33-29/h1-8H,9-17,26-29H2,(H,30,36)(H,31,37)(H,32,38)(H,33,39). The van der Waals surface area contributed by atoms with Crippen molar-refractivity contribution in [3.05, 3.63) is 59.7 Å². The van der Waals surface area contributed by atoms with Gasteiger partial charge in [-0.1, -0.05) is 36.4 Å². The summed E-state index contributed by atoms with van der Waals surface area (Å²) >= 11 is 0. The second-order valence-electron chi connectivity index (χ2n) is 8.68. The molecule has 0 aromatic heterocycles. The van der Waals surface area contributed by atoms with Crippen LogP contribution in [0.3, 0.4) is 0 Å². The lowest BCUT2D eigenvalue weighted by atomic mass is 9.99. The van der Waals surface area contributed by atoms with Crippen molar-refractivity contribution in [1.29, 1.82) is 0 Å². The molecule has 0 spiro atoms. The van der Waals surface area contributed by atoms with Gasteiger partial charge < -0.3 is 9.80 Å². The molecule has 2 rings (SSSR count). The van der Waals surface area contributed by atoms with Crippen LogP contribution >= 0.6 is 0 Å². The summed E-state index contributed by atoms with van der Waals surface area (Å²) in [5, 5.41) is 0. The molecule has 0 atom stereocenters. The fraction of sp³-hybridized carbons (Fsp3) is 0.360. The van der Waals surface area contributed by atoms with Crippen molar-refractivity contribution in [2.75, 3.05) is 36.0 Å². The highest BCUT2D eigenvalue weighted by atomic mass is 16.2. The van der Waals surface area contributed by atoms with E-state index in [0.29, 0.717) is 32.6 Å². The summed E-state index contributed by atoms with van der Waals surface area (Å²) < 4.78 is 0. The Balaban J connectivity index is 2.39. The maximum Gasteiger partial charge on any atom is 0.235 e. The molecule has 0 bridgehead atoms. The maximum atomic E-state index is 11.9. The topological polar surface area (TPSA) is 227 Å². The molecule has 0 saturated heterocycles. The molecule has 0 saturated carbocycles. The number of carbonyl (C=O) groups is 4. The van der Waals surface area contributed by atoms with Crippen molar-refractivity contribution in [1.82, 2.24) is 21.7 Å². The highest BCUT2D eigenvalue weighted by Crippen LogP contribution is 2.29. The quantitative estimate of drug-likeness (QED) is 0.0689. The monoisotopic (exact) mass is 542 g/mol. The van der Waals surface area contributed by atoms with E-state index in [1.54, 1.807) is 0 Å². The molecular weight excluding hydrogens is 504 g/mol. The summed E-state index contributed by atoms with van der Waals surface area (Å²) in [7, 11) is 0. The van der Waals surface area contributed by atoms with E-state index in [-0.39, 0.29) is 49.3 Å². The van der Waals surface area contributed by atoms with Crippen LogP contribution in [0.2, 0.25) is 0 Å². The first-order valence-electron chi connectivity index (χ1n) is 12.5. The van der Waals surface area contributed by atoms with Crippen molar-refractivity contribution in [3.8, 4) is 0 Å². The van der Waals surface area contributed by atoms with Gasteiger partial charge in [-0.15, -0.1) is 0 Å². The average Bonchev–Trinajstić information content (AvgIpc) is 2.97. The van der Waals surface area contributed by atoms with Crippen LogP contribution in [0.25, 0.3) is 0 Å². The molecule has 0 fully saturated rings. The van der Waals surface area contributed by atoms with E-state index in [9.17, 15) is 19.2 Å². The van der Waals surface area contributed by atoms with E-state index >= 15 is 0 Å². The van der Waals surface area contributed by atoms with Crippen molar-refractivity contribution >= 4 is 35.0 Å². The Morgan fingerprint density at radius 1 is 0.513 bits per heavy atom. The van der Waals surface area contributed by atoms with E-state index in [0.717, 1.165) is 22.5 Å². The molecule has 14 nitrogen and oxygen atoms in total. The van der Waals surface area contributed by atoms with E-state index in [2.05, 4.69) is 21.7 Å². The Hall–Kier alpha value is -4.24. The molecular formula is C25H38N10O4. The van der Waals surface area contributed by atoms with Gasteiger partial charge in [-0.25, -0.2) is 23.4 Å². The number of amides is 4. The molecule has 12 N–H and O–H groups in total. The van der Waals surface area contributed by atoms with Crippen LogP contribution in [0, 0.1) is 0 Å². The third kappa shape index (κ3) is 10.2. The molecule has 0 aliphatic heterocycles. The van der Waals surface area contributed by atoms with Gasteiger partial charge in [0, 0.05) is 69.7 Å². The van der Waals surface area contributed by atoms with Gasteiger partial charge >= 0.3 is 0 Å². The van der Waals surface area contributed by atoms with E-state index in [4.69, 9.17) is 23.4 Å². The molecule has 39 heavy (non-hydrogen) atoms. The average molecular weight is 543 g/mol. The highest BCUT2D eigenvalue weighted by molar-refractivity contribution is 5.78. The van der Waals surface area contributed by atoms with Gasteiger partial charge in [-0.3, -0.25) is 40.9 Å². The van der Waals surface area contributed by atoms with Crippen LogP contribution in [0.4, 0.5) is 11.4 Å². The molecule has 0 radical (unpaired) electrons. The van der Waals surface area contributed by atoms with Gasteiger partial charge in [0.15, 0.2) is 0 Å². The third-order valence-electron chi connectivity index (χ3n) is 6.12. The molecule has 0 aliphatic carbocycles. The fourth-order valence-electron chi connectivity index (χ4n) is 4.08. The normalized spacial score (nSPS) is 10.4. The first kappa shape index (κ1) is 31.0. The summed E-state index contributed by atoms with van der Waals surface area (Å²) in [6, 6.07) is 15.4. The first-order chi connectivity index (χ1) is 18.8. The number of hydrogen-bond donors (Lipinski definition) is 8. The summed E-state index contributed by atoms with van der Waals surface area (Å²) in [4.78, 5) is 51.3. The minimum atomic E-state index is -0.329. The molecule has 212 valence electrons. The second kappa shape index (κ2) is 16.6. The molecule has 4 amide bonds. The highest BCUT2D eigenvalue weighted by Gasteiger charge is 2.18. The summed E-state index contributed by atoms with van der Waals surface area (Å²) in [5.41, 5.74) is 12.1. The van der Waals surface area contributed by atoms with Crippen LogP contribution in [-0.2, 0) is 25.6 Å². The number of hydrazine groups is 4. The van der Waals surface area contributed by atoms with Crippen molar-refractivity contribution in [3.63, 3.8) is 0 Å². The van der Waals surface area contributed by atoms with Gasteiger partial charge in [0.1, 0.15) is 0 Å². The molecule has 0 aliphatic rings. The van der Waals surface area contributed by atoms with Crippen molar-refractivity contribution < 1.29 is 19.2 Å². The Bertz CT molecular complexity index is 988. The predicted octanol–water partition coefficient (Wildman–Crippen LogP) is -1.59. The van der Waals surface area contributed by atoms with E-state index in [1.807, 2.05) is 58.3 Å². The first-order valence-corrected chi connectivity index (χ1v) is 12.5. The van der Waals surface area contributed by atoms with Gasteiger partial charge in [0.25, 0.3) is 0 Å². The van der Waals surface area contributed by atoms with Crippen molar-refractivity contribution in [2.24, 2.45) is 23.4 Å². The Morgan fingerprint density at radius 2 is 0.795 bits per heavy atom. The predicted molar refractivity (Wildman–Crippen MR) is 148 cm³/mol. The number of nitrogens with two attached hydrogens (primary N) is 4. The minimum absolute atomic E-state index is 0.131. The zero-order valence-corrected chi connectivity index (χ0v) is 21.8. The summed E-state index contributed by atoms with van der Waals surface area (Å²) in [6.45, 7) is 1.31. The van der Waals surface area contributed by atoms with Gasteiger partial charge in [0.2, 0.25) is 23.6 Å². The lowest BCUT2D eigenvalue weighted by molar-refractivity contribution is -0.122. The number of benzene rings is 2. The number of para-hydroxylation sites is 2. The maximum absolute atomic E-state index is 11.9. The SMILES string of the molecule is NNC(=O)CCN(CCC(=O)NN)c1ccccc1Cc1ccccc1N(CCC(=O)NN)CCC(=O)NN. The van der Waals surface area contributed by atoms with Crippen LogP contribution in [0.5, 0.6) is 0 Å². The molecule has 2 aromatic carbocycles. The summed E-state index contributed by atoms with van der Waals surface area (Å²) in [5.74, 6) is 19.7. The number of rotatable bonds is 16. The Kier molecular flexibility index (Phi) is 13.2. The van der Waals surface area contributed by atoms with E-state index in [1.165, 1.54) is 0 Å². The molecule has 2 aromatic rings. The summed E-state index contributed by atoms with van der Waals surface area (Å²) in [6.07, 6.45) is 1.02. The molecule has 0 heterocycles. The molecule has 14 heteroatoms. The van der Waals surface area contributed by atoms with Crippen molar-refractivity contribution in [2.45, 2.75) is 32.1 Å². The number of nitrogens with zero attached hydrogens (tertiary/aromatic N) is 2. The second-order valence-corrected chi connectivity index (χ2v) is 8.68. The lowest BCUT2D eigenvalue weighted by Crippen LogP contribution is -2.38. The van der Waals surface area contributed by atoms with Gasteiger partial charge in [0.05, 0.1) is 0 Å². The Morgan fingerprint density at radius 3 is 1.08 bits per heavy atom. The number of nitrogens with one attached hydrogen (secondary N) is 4. The van der Waals surface area contributed by atoms with Crippen LogP contribution in [-0.4, -0.2) is 49.8 Å². The fourth-order valence-corrected chi connectivity index (χ4v) is 4.08. The lowest BCUT2D eigenvalue weighted by Gasteiger charge is -2.29. The van der Waals surface area contributed by atoms with Crippen LogP contribution < -0.4 is 54.9 Å². The van der Waals surface area contributed by atoms with E-state index < -0.39 is 0 Å². The number of hydrogen-bond acceptors (Lipinski definition) is 10. The minimum Gasteiger partial charge on any atom is -0.370 e. The number of carbonyl (C=O) groups excluding carboxylic acids is 4. The third-order valence-corrected chi connectivity index (χ3v) is 6.12. The smallest absolute Gasteiger partial charge is 0.235 e. The van der Waals surface area contributed by atoms with Gasteiger partial charge in [-0.05, 0) is 23.3 Å². The zero-order valence-electron chi connectivity index (χ0n) is 21.8.